The molecule has 7 heteroatoms. The highest BCUT2D eigenvalue weighted by molar-refractivity contribution is 7.22. The molecule has 0 saturated carbocycles. The van der Waals surface area contributed by atoms with E-state index in [2.05, 4.69) is 15.6 Å². The molecule has 2 heterocycles. The van der Waals surface area contributed by atoms with Gasteiger partial charge in [-0.2, -0.15) is 0 Å². The normalized spacial score (nSPS) is 15.3. The first-order valence-electron chi connectivity index (χ1n) is 8.40. The monoisotopic (exact) mass is 346 g/mol. The molecule has 3 rings (SSSR count). The van der Waals surface area contributed by atoms with E-state index in [9.17, 15) is 9.59 Å². The Hall–Kier alpha value is -2.15. The van der Waals surface area contributed by atoms with Crippen molar-refractivity contribution in [2.24, 2.45) is 0 Å². The van der Waals surface area contributed by atoms with E-state index in [1.807, 2.05) is 29.2 Å². The summed E-state index contributed by atoms with van der Waals surface area (Å²) in [6.45, 7) is 2.09. The van der Waals surface area contributed by atoms with E-state index in [1.54, 1.807) is 0 Å². The summed E-state index contributed by atoms with van der Waals surface area (Å²) in [6, 6.07) is 7.53. The molecule has 0 unspecified atom stereocenters. The van der Waals surface area contributed by atoms with Gasteiger partial charge in [-0.3, -0.25) is 10.1 Å². The number of amides is 3. The van der Waals surface area contributed by atoms with Crippen LogP contribution in [0.5, 0.6) is 0 Å². The second-order valence-electron chi connectivity index (χ2n) is 5.91. The number of carbonyl (C=O) groups excluding carboxylic acids is 2. The van der Waals surface area contributed by atoms with Gasteiger partial charge in [0.2, 0.25) is 5.91 Å². The lowest BCUT2D eigenvalue weighted by Gasteiger charge is -2.20. The van der Waals surface area contributed by atoms with Gasteiger partial charge in [0.05, 0.1) is 10.2 Å². The Kier molecular flexibility index (Phi) is 5.63. The number of fused-ring (bicyclic) bond motifs is 1. The second kappa shape index (κ2) is 8.10. The molecule has 1 aliphatic heterocycles. The molecule has 6 nitrogen and oxygen atoms in total. The van der Waals surface area contributed by atoms with Gasteiger partial charge in [0.15, 0.2) is 5.13 Å². The summed E-state index contributed by atoms with van der Waals surface area (Å²) in [6.07, 6.45) is 4.63. The van der Waals surface area contributed by atoms with Crippen LogP contribution >= 0.6 is 11.3 Å². The van der Waals surface area contributed by atoms with E-state index in [0.29, 0.717) is 24.6 Å². The number of urea groups is 1. The Balaban J connectivity index is 1.40. The molecule has 1 aromatic heterocycles. The summed E-state index contributed by atoms with van der Waals surface area (Å²) in [5, 5.41) is 6.18. The number of benzene rings is 1. The molecule has 0 aliphatic carbocycles. The maximum Gasteiger partial charge on any atom is 0.321 e. The summed E-state index contributed by atoms with van der Waals surface area (Å²) in [4.78, 5) is 30.1. The van der Waals surface area contributed by atoms with Gasteiger partial charge in [0, 0.05) is 26.1 Å². The van der Waals surface area contributed by atoms with Crippen molar-refractivity contribution >= 4 is 38.6 Å². The zero-order chi connectivity index (χ0) is 16.8. The third-order valence-electron chi connectivity index (χ3n) is 4.08. The first kappa shape index (κ1) is 16.7. The van der Waals surface area contributed by atoms with Gasteiger partial charge in [-0.15, -0.1) is 0 Å². The average Bonchev–Trinajstić information content (AvgIpc) is 2.86. The summed E-state index contributed by atoms with van der Waals surface area (Å²) < 4.78 is 1.05. The third-order valence-corrected chi connectivity index (χ3v) is 5.03. The number of hydrogen-bond acceptors (Lipinski definition) is 4. The minimum absolute atomic E-state index is 0.242. The summed E-state index contributed by atoms with van der Waals surface area (Å²) in [7, 11) is 0. The maximum atomic E-state index is 11.9. The summed E-state index contributed by atoms with van der Waals surface area (Å²) >= 11 is 1.45. The van der Waals surface area contributed by atoms with E-state index in [-0.39, 0.29) is 11.9 Å². The van der Waals surface area contributed by atoms with Crippen LogP contribution in [0.2, 0.25) is 0 Å². The number of rotatable bonds is 5. The van der Waals surface area contributed by atoms with E-state index in [1.165, 1.54) is 11.3 Å². The van der Waals surface area contributed by atoms with Gasteiger partial charge in [-0.25, -0.2) is 9.78 Å². The van der Waals surface area contributed by atoms with Crippen LogP contribution in [0.15, 0.2) is 24.3 Å². The zero-order valence-corrected chi connectivity index (χ0v) is 14.4. The minimum atomic E-state index is -0.253. The molecule has 3 amide bonds. The van der Waals surface area contributed by atoms with Gasteiger partial charge in [0.1, 0.15) is 0 Å². The van der Waals surface area contributed by atoms with Crippen molar-refractivity contribution in [3.05, 3.63) is 24.3 Å². The molecule has 128 valence electrons. The topological polar surface area (TPSA) is 74.3 Å². The van der Waals surface area contributed by atoms with Crippen molar-refractivity contribution in [3.63, 3.8) is 0 Å². The Labute approximate surface area is 145 Å². The fourth-order valence-corrected chi connectivity index (χ4v) is 3.67. The van der Waals surface area contributed by atoms with Crippen LogP contribution < -0.4 is 10.6 Å². The van der Waals surface area contributed by atoms with Crippen LogP contribution in [0.4, 0.5) is 9.93 Å². The van der Waals surface area contributed by atoms with Crippen LogP contribution in [0, 0.1) is 0 Å². The predicted molar refractivity (Wildman–Crippen MR) is 96.3 cm³/mol. The molecule has 24 heavy (non-hydrogen) atoms. The fourth-order valence-electron chi connectivity index (χ4n) is 2.81. The lowest BCUT2D eigenvalue weighted by atomic mass is 10.2. The van der Waals surface area contributed by atoms with Crippen molar-refractivity contribution < 1.29 is 9.59 Å². The first-order chi connectivity index (χ1) is 11.7. The number of likely N-dealkylation sites (tertiary alicyclic amines) is 1. The number of nitrogens with zero attached hydrogens (tertiary/aromatic N) is 2. The number of hydrogen-bond donors (Lipinski definition) is 2. The van der Waals surface area contributed by atoms with Crippen LogP contribution in [0.3, 0.4) is 0 Å². The molecular formula is C17H22N4O2S. The van der Waals surface area contributed by atoms with Crippen molar-refractivity contribution in [2.75, 3.05) is 25.0 Å². The highest BCUT2D eigenvalue weighted by Gasteiger charge is 2.15. The lowest BCUT2D eigenvalue weighted by Crippen LogP contribution is -2.35. The Morgan fingerprint density at radius 1 is 1.25 bits per heavy atom. The molecule has 0 atom stereocenters. The molecule has 1 saturated heterocycles. The quantitative estimate of drug-likeness (QED) is 0.817. The van der Waals surface area contributed by atoms with Crippen molar-refractivity contribution in [1.82, 2.24) is 15.2 Å². The van der Waals surface area contributed by atoms with Crippen LogP contribution in [-0.2, 0) is 4.79 Å². The van der Waals surface area contributed by atoms with E-state index < -0.39 is 0 Å². The molecule has 0 spiro atoms. The van der Waals surface area contributed by atoms with Gasteiger partial charge in [-0.1, -0.05) is 29.9 Å². The van der Waals surface area contributed by atoms with Crippen LogP contribution in [0.1, 0.15) is 32.1 Å². The molecule has 2 N–H and O–H groups in total. The smallest absolute Gasteiger partial charge is 0.321 e. The summed E-state index contributed by atoms with van der Waals surface area (Å²) in [5.74, 6) is 0.242. The molecular weight excluding hydrogens is 324 g/mol. The number of para-hydroxylation sites is 1. The van der Waals surface area contributed by atoms with Crippen LogP contribution in [-0.4, -0.2) is 41.5 Å². The Bertz CT molecular complexity index is 682. The van der Waals surface area contributed by atoms with Crippen molar-refractivity contribution in [1.29, 1.82) is 0 Å². The average molecular weight is 346 g/mol. The van der Waals surface area contributed by atoms with E-state index >= 15 is 0 Å². The molecule has 0 bridgehead atoms. The zero-order valence-electron chi connectivity index (χ0n) is 13.6. The van der Waals surface area contributed by atoms with Gasteiger partial charge >= 0.3 is 6.03 Å². The second-order valence-corrected chi connectivity index (χ2v) is 6.94. The molecule has 1 aromatic carbocycles. The van der Waals surface area contributed by atoms with Crippen LogP contribution in [0.25, 0.3) is 10.2 Å². The van der Waals surface area contributed by atoms with Gasteiger partial charge < -0.3 is 10.2 Å². The third kappa shape index (κ3) is 4.44. The fraction of sp³-hybridized carbons (Fsp3) is 0.471. The number of anilines is 1. The largest absolute Gasteiger partial charge is 0.343 e. The van der Waals surface area contributed by atoms with Crippen molar-refractivity contribution in [2.45, 2.75) is 32.1 Å². The SMILES string of the molecule is O=C(NCCCN1CCCCCC1=O)Nc1nc2ccccc2s1. The van der Waals surface area contributed by atoms with Crippen molar-refractivity contribution in [3.8, 4) is 0 Å². The molecule has 1 fully saturated rings. The Morgan fingerprint density at radius 3 is 3.00 bits per heavy atom. The summed E-state index contributed by atoms with van der Waals surface area (Å²) in [5.41, 5.74) is 0.887. The van der Waals surface area contributed by atoms with Gasteiger partial charge in [0.25, 0.3) is 0 Å². The lowest BCUT2D eigenvalue weighted by molar-refractivity contribution is -0.130. The van der Waals surface area contributed by atoms with E-state index in [0.717, 1.165) is 42.4 Å². The standard InChI is InChI=1S/C17H22N4O2S/c22-15-9-2-1-5-11-21(15)12-6-10-18-16(23)20-17-19-13-7-3-4-8-14(13)24-17/h3-4,7-8H,1-2,5-6,9-12H2,(H2,18,19,20,23). The first-order valence-corrected chi connectivity index (χ1v) is 9.22. The highest BCUT2D eigenvalue weighted by Crippen LogP contribution is 2.25. The predicted octanol–water partition coefficient (Wildman–Crippen LogP) is 3.21. The Morgan fingerprint density at radius 2 is 2.12 bits per heavy atom. The van der Waals surface area contributed by atoms with Gasteiger partial charge in [-0.05, 0) is 31.4 Å². The number of aromatic nitrogens is 1. The number of nitrogens with one attached hydrogen (secondary N) is 2. The minimum Gasteiger partial charge on any atom is -0.343 e. The molecule has 0 radical (unpaired) electrons. The molecule has 1 aliphatic rings. The molecule has 2 aromatic rings. The highest BCUT2D eigenvalue weighted by atomic mass is 32.1. The van der Waals surface area contributed by atoms with E-state index in [4.69, 9.17) is 0 Å². The number of carbonyl (C=O) groups is 2. The number of thiazole rings is 1. The maximum absolute atomic E-state index is 11.9.